The van der Waals surface area contributed by atoms with Crippen LogP contribution in [0.1, 0.15) is 53.9 Å². The summed E-state index contributed by atoms with van der Waals surface area (Å²) in [5.41, 5.74) is 0.805. The third kappa shape index (κ3) is 6.77. The highest BCUT2D eigenvalue weighted by Crippen LogP contribution is 2.17. The zero-order chi connectivity index (χ0) is 16.8. The molecule has 4 nitrogen and oxygen atoms in total. The van der Waals surface area contributed by atoms with E-state index in [1.807, 2.05) is 0 Å². The van der Waals surface area contributed by atoms with Gasteiger partial charge in [0, 0.05) is 19.6 Å². The minimum atomic E-state index is -1.01. The predicted octanol–water partition coefficient (Wildman–Crippen LogP) is 3.67. The molecule has 1 saturated heterocycles. The van der Waals surface area contributed by atoms with Crippen molar-refractivity contribution in [2.75, 3.05) is 19.6 Å². The summed E-state index contributed by atoms with van der Waals surface area (Å²) in [5.74, 6) is 0. The van der Waals surface area contributed by atoms with Gasteiger partial charge in [-0.3, -0.25) is 4.90 Å². The van der Waals surface area contributed by atoms with E-state index in [4.69, 9.17) is 4.74 Å². The first-order valence-electron chi connectivity index (χ1n) is 8.29. The van der Waals surface area contributed by atoms with Crippen LogP contribution in [-0.4, -0.2) is 48.4 Å². The number of ether oxygens (including phenoxy) is 1. The highest BCUT2D eigenvalue weighted by Gasteiger charge is 2.31. The van der Waals surface area contributed by atoms with Crippen LogP contribution in [0.3, 0.4) is 0 Å². The Labute approximate surface area is 134 Å². The Morgan fingerprint density at radius 3 is 2.64 bits per heavy atom. The maximum Gasteiger partial charge on any atom is 0.408 e. The van der Waals surface area contributed by atoms with E-state index in [1.165, 1.54) is 5.57 Å². The van der Waals surface area contributed by atoms with Crippen LogP contribution in [0, 0.1) is 0 Å². The lowest BCUT2D eigenvalue weighted by Crippen LogP contribution is -2.54. The topological polar surface area (TPSA) is 41.6 Å². The van der Waals surface area contributed by atoms with E-state index < -0.39 is 23.9 Å². The summed E-state index contributed by atoms with van der Waals surface area (Å²) < 4.78 is 19.3. The fourth-order valence-corrected chi connectivity index (χ4v) is 2.63. The molecule has 0 saturated carbocycles. The molecular formula is C17H31FN2O2. The van der Waals surface area contributed by atoms with E-state index in [1.54, 1.807) is 20.8 Å². The number of carbonyl (C=O) groups excluding carboxylic acids is 1. The molecule has 0 bridgehead atoms. The number of piperidine rings is 1. The fraction of sp³-hybridized carbons (Fsp3) is 0.824. The van der Waals surface area contributed by atoms with Gasteiger partial charge in [0.15, 0.2) is 0 Å². The molecule has 1 heterocycles. The zero-order valence-corrected chi connectivity index (χ0v) is 14.6. The SMILES string of the molecule is CC/C=C(\CC)CN1CC[C@@H](F)[C@H](NC(=O)OC(C)(C)C)C1. The van der Waals surface area contributed by atoms with Crippen LogP contribution in [0.25, 0.3) is 0 Å². The fourth-order valence-electron chi connectivity index (χ4n) is 2.63. The number of nitrogens with zero attached hydrogens (tertiary/aromatic N) is 1. The minimum Gasteiger partial charge on any atom is -0.444 e. The number of allylic oxidation sites excluding steroid dienone is 1. The van der Waals surface area contributed by atoms with Crippen LogP contribution >= 0.6 is 0 Å². The molecule has 1 fully saturated rings. The number of hydrogen-bond acceptors (Lipinski definition) is 3. The summed E-state index contributed by atoms with van der Waals surface area (Å²) in [6.45, 7) is 11.8. The Morgan fingerprint density at radius 1 is 1.41 bits per heavy atom. The molecule has 0 spiro atoms. The second kappa shape index (κ2) is 8.51. The first-order valence-corrected chi connectivity index (χ1v) is 8.29. The molecule has 2 atom stereocenters. The number of rotatable bonds is 5. The van der Waals surface area contributed by atoms with Crippen molar-refractivity contribution >= 4 is 6.09 Å². The first-order chi connectivity index (χ1) is 10.2. The molecule has 1 N–H and O–H groups in total. The highest BCUT2D eigenvalue weighted by molar-refractivity contribution is 5.68. The third-order valence-electron chi connectivity index (χ3n) is 3.69. The quantitative estimate of drug-likeness (QED) is 0.787. The van der Waals surface area contributed by atoms with E-state index in [9.17, 15) is 9.18 Å². The standard InChI is InChI=1S/C17H31FN2O2/c1-6-8-13(7-2)11-20-10-9-14(18)15(12-20)19-16(21)22-17(3,4)5/h8,14-15H,6-7,9-12H2,1-5H3,(H,19,21)/b13-8+/t14-,15-/m1/s1. The Morgan fingerprint density at radius 2 is 2.09 bits per heavy atom. The molecule has 0 aromatic carbocycles. The largest absolute Gasteiger partial charge is 0.444 e. The Kier molecular flexibility index (Phi) is 7.33. The molecule has 0 aliphatic carbocycles. The summed E-state index contributed by atoms with van der Waals surface area (Å²) in [6, 6.07) is -0.497. The van der Waals surface area contributed by atoms with Gasteiger partial charge in [-0.15, -0.1) is 0 Å². The van der Waals surface area contributed by atoms with Crippen LogP contribution in [0.2, 0.25) is 0 Å². The number of likely N-dealkylation sites (tertiary alicyclic amines) is 1. The van der Waals surface area contributed by atoms with Crippen molar-refractivity contribution in [1.82, 2.24) is 10.2 Å². The number of carbonyl (C=O) groups is 1. The molecule has 1 aliphatic heterocycles. The van der Waals surface area contributed by atoms with Crippen molar-refractivity contribution in [3.8, 4) is 0 Å². The molecule has 0 radical (unpaired) electrons. The molecule has 0 aromatic heterocycles. The number of alkyl carbamates (subject to hydrolysis) is 1. The van der Waals surface area contributed by atoms with E-state index >= 15 is 0 Å². The lowest BCUT2D eigenvalue weighted by atomic mass is 10.0. The Balaban J connectivity index is 2.56. The van der Waals surface area contributed by atoms with Crippen LogP contribution < -0.4 is 5.32 Å². The van der Waals surface area contributed by atoms with E-state index in [0.717, 1.165) is 25.9 Å². The van der Waals surface area contributed by atoms with Gasteiger partial charge in [-0.2, -0.15) is 0 Å². The molecule has 0 unspecified atom stereocenters. The average Bonchev–Trinajstić information content (AvgIpc) is 2.39. The van der Waals surface area contributed by atoms with Crippen molar-refractivity contribution in [3.63, 3.8) is 0 Å². The summed E-state index contributed by atoms with van der Waals surface area (Å²) >= 11 is 0. The highest BCUT2D eigenvalue weighted by atomic mass is 19.1. The predicted molar refractivity (Wildman–Crippen MR) is 87.8 cm³/mol. The maximum atomic E-state index is 14.1. The second-order valence-corrected chi connectivity index (χ2v) is 6.92. The number of halogens is 1. The van der Waals surface area contributed by atoms with Gasteiger partial charge < -0.3 is 10.1 Å². The number of alkyl halides is 1. The summed E-state index contributed by atoms with van der Waals surface area (Å²) in [6.07, 6.45) is 3.16. The lowest BCUT2D eigenvalue weighted by Gasteiger charge is -2.36. The van der Waals surface area contributed by atoms with Gasteiger partial charge >= 0.3 is 6.09 Å². The summed E-state index contributed by atoms with van der Waals surface area (Å²) in [5, 5.41) is 2.68. The van der Waals surface area contributed by atoms with Crippen LogP contribution in [0.4, 0.5) is 9.18 Å². The second-order valence-electron chi connectivity index (χ2n) is 6.92. The lowest BCUT2D eigenvalue weighted by molar-refractivity contribution is 0.0402. The van der Waals surface area contributed by atoms with Crippen molar-refractivity contribution in [2.45, 2.75) is 71.7 Å². The molecule has 128 valence electrons. The molecule has 1 aliphatic rings. The van der Waals surface area contributed by atoms with Gasteiger partial charge in [0.25, 0.3) is 0 Å². The number of hydrogen-bond donors (Lipinski definition) is 1. The average molecular weight is 314 g/mol. The number of nitrogens with one attached hydrogen (secondary N) is 1. The normalized spacial score (nSPS) is 24.2. The maximum absolute atomic E-state index is 14.1. The van der Waals surface area contributed by atoms with Gasteiger partial charge in [0.1, 0.15) is 11.8 Å². The molecule has 22 heavy (non-hydrogen) atoms. The summed E-state index contributed by atoms with van der Waals surface area (Å²) in [4.78, 5) is 14.0. The minimum absolute atomic E-state index is 0.448. The van der Waals surface area contributed by atoms with E-state index in [0.29, 0.717) is 13.0 Å². The van der Waals surface area contributed by atoms with Crippen molar-refractivity contribution in [2.24, 2.45) is 0 Å². The van der Waals surface area contributed by atoms with Gasteiger partial charge in [0.2, 0.25) is 0 Å². The van der Waals surface area contributed by atoms with Gasteiger partial charge in [0.05, 0.1) is 6.04 Å². The zero-order valence-electron chi connectivity index (χ0n) is 14.6. The van der Waals surface area contributed by atoms with Gasteiger partial charge in [-0.1, -0.05) is 25.5 Å². The van der Waals surface area contributed by atoms with Crippen molar-refractivity contribution in [3.05, 3.63) is 11.6 Å². The molecule has 0 aromatic rings. The first kappa shape index (κ1) is 18.9. The van der Waals surface area contributed by atoms with Crippen LogP contribution in [-0.2, 0) is 4.74 Å². The number of amides is 1. The summed E-state index contributed by atoms with van der Waals surface area (Å²) in [7, 11) is 0. The molecular weight excluding hydrogens is 283 g/mol. The smallest absolute Gasteiger partial charge is 0.408 e. The Bertz CT molecular complexity index is 391. The monoisotopic (exact) mass is 314 g/mol. The molecule has 1 amide bonds. The van der Waals surface area contributed by atoms with Crippen LogP contribution in [0.5, 0.6) is 0 Å². The van der Waals surface area contributed by atoms with Crippen LogP contribution in [0.15, 0.2) is 11.6 Å². The molecule has 5 heteroatoms. The van der Waals surface area contributed by atoms with Gasteiger partial charge in [-0.25, -0.2) is 9.18 Å². The third-order valence-corrected chi connectivity index (χ3v) is 3.69. The van der Waals surface area contributed by atoms with E-state index in [-0.39, 0.29) is 0 Å². The van der Waals surface area contributed by atoms with Gasteiger partial charge in [-0.05, 0) is 40.0 Å². The van der Waals surface area contributed by atoms with E-state index in [2.05, 4.69) is 30.1 Å². The Hall–Kier alpha value is -1.10. The molecule has 1 rings (SSSR count). The van der Waals surface area contributed by atoms with Crippen molar-refractivity contribution in [1.29, 1.82) is 0 Å². The van der Waals surface area contributed by atoms with Crippen molar-refractivity contribution < 1.29 is 13.9 Å².